The Morgan fingerprint density at radius 2 is 2.15 bits per heavy atom. The Balaban J connectivity index is 1.82. The molecule has 0 radical (unpaired) electrons. The van der Waals surface area contributed by atoms with Crippen LogP contribution in [0.3, 0.4) is 0 Å². The molecule has 3 heteroatoms. The smallest absolute Gasteiger partial charge is 0.175 e. The summed E-state index contributed by atoms with van der Waals surface area (Å²) in [5.41, 5.74) is 3.70. The fourth-order valence-electron chi connectivity index (χ4n) is 3.17. The minimum atomic E-state index is 0.259. The highest BCUT2D eigenvalue weighted by Gasteiger charge is 2.24. The van der Waals surface area contributed by atoms with Crippen LogP contribution in [0.25, 0.3) is 0 Å². The van der Waals surface area contributed by atoms with Gasteiger partial charge in [-0.25, -0.2) is 4.98 Å². The molecule has 1 aromatic carbocycles. The van der Waals surface area contributed by atoms with Crippen LogP contribution in [0.2, 0.25) is 0 Å². The Labute approximate surface area is 123 Å². The molecule has 1 aromatic heterocycles. The van der Waals surface area contributed by atoms with Gasteiger partial charge in [-0.05, 0) is 50.2 Å². The van der Waals surface area contributed by atoms with Crippen LogP contribution in [0, 0.1) is 13.8 Å². The number of carbonyl (C=O) groups excluding carboxylic acids is 1. The number of Topliss-reactive ketones (excluding diaryl/α,β-unsaturated/α-hetero) is 1. The topological polar surface area (TPSA) is 30.0 Å². The van der Waals surface area contributed by atoms with E-state index in [9.17, 15) is 4.79 Å². The molecule has 1 unspecified atom stereocenters. The number of thiazole rings is 1. The standard InChI is InChI=1S/C17H19NOS/c1-11-17(20-12(2)18-11)16(19)10-14-8-5-7-13-6-3-4-9-15(13)14/h3-4,6,9,14H,5,7-8,10H2,1-2H3. The van der Waals surface area contributed by atoms with E-state index < -0.39 is 0 Å². The maximum Gasteiger partial charge on any atom is 0.175 e. The van der Waals surface area contributed by atoms with Crippen molar-refractivity contribution in [2.45, 2.75) is 45.4 Å². The molecule has 0 spiro atoms. The number of benzene rings is 1. The first kappa shape index (κ1) is 13.5. The van der Waals surface area contributed by atoms with Crippen molar-refractivity contribution in [3.63, 3.8) is 0 Å². The van der Waals surface area contributed by atoms with Crippen LogP contribution in [-0.2, 0) is 6.42 Å². The van der Waals surface area contributed by atoms with E-state index >= 15 is 0 Å². The first-order chi connectivity index (χ1) is 9.65. The van der Waals surface area contributed by atoms with Crippen molar-refractivity contribution in [2.75, 3.05) is 0 Å². The molecule has 0 aliphatic heterocycles. The van der Waals surface area contributed by atoms with E-state index in [2.05, 4.69) is 29.2 Å². The summed E-state index contributed by atoms with van der Waals surface area (Å²) in [4.78, 5) is 17.7. The summed E-state index contributed by atoms with van der Waals surface area (Å²) in [6.45, 7) is 3.90. The van der Waals surface area contributed by atoms with E-state index in [4.69, 9.17) is 0 Å². The SMILES string of the molecule is Cc1nc(C)c(C(=O)CC2CCCc3ccccc32)s1. The lowest BCUT2D eigenvalue weighted by Crippen LogP contribution is -2.13. The molecule has 0 fully saturated rings. The largest absolute Gasteiger partial charge is 0.293 e. The van der Waals surface area contributed by atoms with Crippen molar-refractivity contribution in [3.8, 4) is 0 Å². The molecule has 0 N–H and O–H groups in total. The number of rotatable bonds is 3. The van der Waals surface area contributed by atoms with Crippen molar-refractivity contribution in [2.24, 2.45) is 0 Å². The summed E-state index contributed by atoms with van der Waals surface area (Å²) in [5.74, 6) is 0.643. The second-order valence-corrected chi connectivity index (χ2v) is 6.77. The quantitative estimate of drug-likeness (QED) is 0.780. The van der Waals surface area contributed by atoms with Gasteiger partial charge < -0.3 is 0 Å². The number of carbonyl (C=O) groups is 1. The van der Waals surface area contributed by atoms with Crippen molar-refractivity contribution >= 4 is 17.1 Å². The van der Waals surface area contributed by atoms with Crippen LogP contribution >= 0.6 is 11.3 Å². The van der Waals surface area contributed by atoms with Crippen molar-refractivity contribution in [1.82, 2.24) is 4.98 Å². The molecule has 0 saturated carbocycles. The summed E-state index contributed by atoms with van der Waals surface area (Å²) in [7, 11) is 0. The number of hydrogen-bond donors (Lipinski definition) is 0. The molecule has 1 atom stereocenters. The van der Waals surface area contributed by atoms with E-state index in [1.165, 1.54) is 28.9 Å². The minimum absolute atomic E-state index is 0.259. The summed E-state index contributed by atoms with van der Waals surface area (Å²) >= 11 is 1.53. The fourth-order valence-corrected chi connectivity index (χ4v) is 4.04. The molecule has 2 aromatic rings. The van der Waals surface area contributed by atoms with E-state index in [1.54, 1.807) is 0 Å². The summed E-state index contributed by atoms with van der Waals surface area (Å²) < 4.78 is 0. The normalized spacial score (nSPS) is 17.8. The van der Waals surface area contributed by atoms with E-state index in [0.29, 0.717) is 12.3 Å². The van der Waals surface area contributed by atoms with Crippen LogP contribution in [0.15, 0.2) is 24.3 Å². The summed E-state index contributed by atoms with van der Waals surface area (Å²) in [6, 6.07) is 8.58. The average Bonchev–Trinajstić information content (AvgIpc) is 2.78. The second kappa shape index (κ2) is 5.49. The zero-order chi connectivity index (χ0) is 14.1. The highest BCUT2D eigenvalue weighted by molar-refractivity contribution is 7.13. The summed E-state index contributed by atoms with van der Waals surface area (Å²) in [6.07, 6.45) is 4.09. The van der Waals surface area contributed by atoms with Gasteiger partial charge in [-0.3, -0.25) is 4.79 Å². The lowest BCUT2D eigenvalue weighted by atomic mass is 9.80. The fraction of sp³-hybridized carbons (Fsp3) is 0.412. The molecule has 1 heterocycles. The molecule has 104 valence electrons. The highest BCUT2D eigenvalue weighted by Crippen LogP contribution is 2.35. The van der Waals surface area contributed by atoms with Crippen LogP contribution < -0.4 is 0 Å². The first-order valence-electron chi connectivity index (χ1n) is 7.20. The predicted molar refractivity (Wildman–Crippen MR) is 82.7 cm³/mol. The highest BCUT2D eigenvalue weighted by atomic mass is 32.1. The third kappa shape index (κ3) is 2.55. The maximum atomic E-state index is 12.5. The van der Waals surface area contributed by atoms with Crippen LogP contribution in [0.1, 0.15) is 56.7 Å². The predicted octanol–water partition coefficient (Wildman–Crippen LogP) is 4.45. The number of hydrogen-bond acceptors (Lipinski definition) is 3. The number of nitrogens with zero attached hydrogens (tertiary/aromatic N) is 1. The second-order valence-electron chi connectivity index (χ2n) is 5.56. The third-order valence-corrected chi connectivity index (χ3v) is 5.20. The third-order valence-electron chi connectivity index (χ3n) is 4.08. The lowest BCUT2D eigenvalue weighted by molar-refractivity contribution is 0.0974. The molecule has 2 nitrogen and oxygen atoms in total. The Bertz CT molecular complexity index is 644. The van der Waals surface area contributed by atoms with Crippen LogP contribution in [0.5, 0.6) is 0 Å². The molecule has 0 saturated heterocycles. The molecule has 20 heavy (non-hydrogen) atoms. The first-order valence-corrected chi connectivity index (χ1v) is 8.02. The van der Waals surface area contributed by atoms with E-state index in [0.717, 1.165) is 28.4 Å². The molecule has 0 bridgehead atoms. The van der Waals surface area contributed by atoms with Gasteiger partial charge in [-0.2, -0.15) is 0 Å². The van der Waals surface area contributed by atoms with E-state index in [1.807, 2.05) is 13.8 Å². The Kier molecular flexibility index (Phi) is 3.70. The van der Waals surface area contributed by atoms with Crippen molar-refractivity contribution < 1.29 is 4.79 Å². The molecule has 3 rings (SSSR count). The Morgan fingerprint density at radius 3 is 2.90 bits per heavy atom. The van der Waals surface area contributed by atoms with Crippen LogP contribution in [-0.4, -0.2) is 10.8 Å². The molecular formula is C17H19NOS. The summed E-state index contributed by atoms with van der Waals surface area (Å²) in [5, 5.41) is 0.981. The Hall–Kier alpha value is -1.48. The zero-order valence-electron chi connectivity index (χ0n) is 12.0. The average molecular weight is 285 g/mol. The Morgan fingerprint density at radius 1 is 1.35 bits per heavy atom. The molecule has 1 aliphatic carbocycles. The van der Waals surface area contributed by atoms with Gasteiger partial charge in [0.25, 0.3) is 0 Å². The van der Waals surface area contributed by atoms with Crippen molar-refractivity contribution in [3.05, 3.63) is 51.0 Å². The van der Waals surface area contributed by atoms with Gasteiger partial charge in [0.2, 0.25) is 0 Å². The van der Waals surface area contributed by atoms with Gasteiger partial charge in [0.05, 0.1) is 15.6 Å². The van der Waals surface area contributed by atoms with Gasteiger partial charge >= 0.3 is 0 Å². The minimum Gasteiger partial charge on any atom is -0.293 e. The van der Waals surface area contributed by atoms with E-state index in [-0.39, 0.29) is 5.78 Å². The number of aromatic nitrogens is 1. The number of fused-ring (bicyclic) bond motifs is 1. The molecular weight excluding hydrogens is 266 g/mol. The van der Waals surface area contributed by atoms with Gasteiger partial charge in [-0.1, -0.05) is 24.3 Å². The van der Waals surface area contributed by atoms with Crippen molar-refractivity contribution in [1.29, 1.82) is 0 Å². The number of aryl methyl sites for hydroxylation is 3. The van der Waals surface area contributed by atoms with Gasteiger partial charge in [0.1, 0.15) is 0 Å². The lowest BCUT2D eigenvalue weighted by Gasteiger charge is -2.24. The van der Waals surface area contributed by atoms with Gasteiger partial charge in [0.15, 0.2) is 5.78 Å². The molecule has 1 aliphatic rings. The molecule has 0 amide bonds. The zero-order valence-corrected chi connectivity index (χ0v) is 12.8. The van der Waals surface area contributed by atoms with Gasteiger partial charge in [-0.15, -0.1) is 11.3 Å². The van der Waals surface area contributed by atoms with Crippen LogP contribution in [0.4, 0.5) is 0 Å². The monoisotopic (exact) mass is 285 g/mol. The number of ketones is 1. The van der Waals surface area contributed by atoms with Gasteiger partial charge in [0, 0.05) is 6.42 Å². The maximum absolute atomic E-state index is 12.5.